The number of nitrogens with zero attached hydrogens (tertiary/aromatic N) is 3. The lowest BCUT2D eigenvalue weighted by Crippen LogP contribution is -2.42. The molecule has 2 aromatic carbocycles. The maximum absolute atomic E-state index is 13.5. The average Bonchev–Trinajstić information content (AvgIpc) is 3.57. The molecule has 0 bridgehead atoms. The highest BCUT2D eigenvalue weighted by Gasteiger charge is 2.34. The maximum atomic E-state index is 13.5. The summed E-state index contributed by atoms with van der Waals surface area (Å²) in [6, 6.07) is 20.8. The number of hydrogen-bond donors (Lipinski definition) is 0. The second-order valence-corrected chi connectivity index (χ2v) is 8.79. The second-order valence-electron chi connectivity index (χ2n) is 7.84. The molecule has 0 spiro atoms. The number of thiophene rings is 1. The van der Waals surface area contributed by atoms with E-state index in [4.69, 9.17) is 14.6 Å². The van der Waals surface area contributed by atoms with Crippen LogP contribution in [-0.4, -0.2) is 61.4 Å². The standard InChI is InChI=1S/C26H27N3O4S/c1-32-14-13-28(26(31)24-12-7-15-34-24)18-25(30)29-23(19-8-4-3-5-9-19)17-22(27-29)20-10-6-11-21(16-20)33-2/h3-12,15-16,23H,13-14,17-18H2,1-2H3. The van der Waals surface area contributed by atoms with E-state index in [0.717, 1.165) is 22.6 Å². The Balaban J connectivity index is 1.62. The maximum Gasteiger partial charge on any atom is 0.264 e. The van der Waals surface area contributed by atoms with E-state index in [1.54, 1.807) is 20.3 Å². The van der Waals surface area contributed by atoms with E-state index in [0.29, 0.717) is 24.4 Å². The van der Waals surface area contributed by atoms with Gasteiger partial charge in [0, 0.05) is 25.6 Å². The molecule has 1 aliphatic rings. The molecular formula is C26H27N3O4S. The third-order valence-corrected chi connectivity index (χ3v) is 6.52. The summed E-state index contributed by atoms with van der Waals surface area (Å²) >= 11 is 1.35. The summed E-state index contributed by atoms with van der Waals surface area (Å²) < 4.78 is 10.5. The highest BCUT2D eigenvalue weighted by molar-refractivity contribution is 7.12. The highest BCUT2D eigenvalue weighted by atomic mass is 32.1. The Kier molecular flexibility index (Phi) is 7.72. The van der Waals surface area contributed by atoms with E-state index in [1.165, 1.54) is 21.2 Å². The van der Waals surface area contributed by atoms with Crippen molar-refractivity contribution in [2.45, 2.75) is 12.5 Å². The molecule has 0 fully saturated rings. The van der Waals surface area contributed by atoms with Crippen molar-refractivity contribution in [3.8, 4) is 5.75 Å². The Morgan fingerprint density at radius 1 is 1.09 bits per heavy atom. The summed E-state index contributed by atoms with van der Waals surface area (Å²) in [5.41, 5.74) is 2.70. The molecule has 0 aliphatic carbocycles. The van der Waals surface area contributed by atoms with Crippen molar-refractivity contribution in [2.24, 2.45) is 5.10 Å². The fraction of sp³-hybridized carbons (Fsp3) is 0.269. The minimum atomic E-state index is -0.254. The van der Waals surface area contributed by atoms with E-state index >= 15 is 0 Å². The van der Waals surface area contributed by atoms with Crippen LogP contribution in [0.15, 0.2) is 77.2 Å². The molecule has 0 radical (unpaired) electrons. The first-order chi connectivity index (χ1) is 16.6. The zero-order valence-electron chi connectivity index (χ0n) is 19.2. The Morgan fingerprint density at radius 3 is 2.62 bits per heavy atom. The molecular weight excluding hydrogens is 450 g/mol. The van der Waals surface area contributed by atoms with E-state index in [-0.39, 0.29) is 24.4 Å². The lowest BCUT2D eigenvalue weighted by Gasteiger charge is -2.26. The van der Waals surface area contributed by atoms with E-state index < -0.39 is 0 Å². The Bertz CT molecular complexity index is 1150. The molecule has 1 unspecified atom stereocenters. The molecule has 8 heteroatoms. The third-order valence-electron chi connectivity index (χ3n) is 5.66. The molecule has 0 saturated carbocycles. The lowest BCUT2D eigenvalue weighted by molar-refractivity contribution is -0.133. The van der Waals surface area contributed by atoms with Crippen LogP contribution in [0.3, 0.4) is 0 Å². The fourth-order valence-electron chi connectivity index (χ4n) is 3.90. The number of benzene rings is 2. The summed E-state index contributed by atoms with van der Waals surface area (Å²) in [5, 5.41) is 8.09. The number of hydrazone groups is 1. The van der Waals surface area contributed by atoms with Crippen LogP contribution in [0.25, 0.3) is 0 Å². The van der Waals surface area contributed by atoms with Gasteiger partial charge in [0.05, 0.1) is 30.3 Å². The van der Waals surface area contributed by atoms with Crippen LogP contribution < -0.4 is 4.74 Å². The van der Waals surface area contributed by atoms with Gasteiger partial charge in [-0.2, -0.15) is 5.10 Å². The minimum absolute atomic E-state index is 0.0850. The summed E-state index contributed by atoms with van der Waals surface area (Å²) in [4.78, 5) is 28.7. The topological polar surface area (TPSA) is 71.4 Å². The number of carbonyl (C=O) groups excluding carboxylic acids is 2. The van der Waals surface area contributed by atoms with Crippen molar-refractivity contribution >= 4 is 28.9 Å². The quantitative estimate of drug-likeness (QED) is 0.463. The van der Waals surface area contributed by atoms with Crippen molar-refractivity contribution in [3.05, 3.63) is 88.1 Å². The molecule has 176 valence electrons. The number of amides is 2. The van der Waals surface area contributed by atoms with Gasteiger partial charge in [-0.25, -0.2) is 5.01 Å². The SMILES string of the molecule is COCCN(CC(=O)N1N=C(c2cccc(OC)c2)CC1c1ccccc1)C(=O)c1cccs1. The highest BCUT2D eigenvalue weighted by Crippen LogP contribution is 2.33. The van der Waals surface area contributed by atoms with Crippen LogP contribution >= 0.6 is 11.3 Å². The third kappa shape index (κ3) is 5.35. The van der Waals surface area contributed by atoms with Crippen LogP contribution in [-0.2, 0) is 9.53 Å². The first kappa shape index (κ1) is 23.7. The number of methoxy groups -OCH3 is 2. The van der Waals surface area contributed by atoms with Crippen LogP contribution in [0.2, 0.25) is 0 Å². The van der Waals surface area contributed by atoms with Crippen LogP contribution in [0.1, 0.15) is 33.3 Å². The Hall–Kier alpha value is -3.49. The molecule has 0 saturated heterocycles. The summed E-state index contributed by atoms with van der Waals surface area (Å²) in [6.07, 6.45) is 0.569. The molecule has 4 rings (SSSR count). The molecule has 2 heterocycles. The number of rotatable bonds is 9. The number of ether oxygens (including phenoxy) is 2. The summed E-state index contributed by atoms with van der Waals surface area (Å²) in [5.74, 6) is 0.300. The fourth-order valence-corrected chi connectivity index (χ4v) is 4.59. The van der Waals surface area contributed by atoms with Gasteiger partial charge in [-0.1, -0.05) is 48.5 Å². The van der Waals surface area contributed by atoms with Crippen LogP contribution in [0.4, 0.5) is 0 Å². The van der Waals surface area contributed by atoms with Gasteiger partial charge in [0.1, 0.15) is 12.3 Å². The van der Waals surface area contributed by atoms with Crippen molar-refractivity contribution in [1.29, 1.82) is 0 Å². The zero-order chi connectivity index (χ0) is 23.9. The molecule has 1 aromatic heterocycles. The average molecular weight is 478 g/mol. The number of carbonyl (C=O) groups is 2. The number of hydrogen-bond acceptors (Lipinski definition) is 6. The van der Waals surface area contributed by atoms with Crippen molar-refractivity contribution in [3.63, 3.8) is 0 Å². The molecule has 34 heavy (non-hydrogen) atoms. The van der Waals surface area contributed by atoms with E-state index in [9.17, 15) is 9.59 Å². The van der Waals surface area contributed by atoms with Gasteiger partial charge in [-0.3, -0.25) is 9.59 Å². The second kappa shape index (κ2) is 11.1. The molecule has 3 aromatic rings. The van der Waals surface area contributed by atoms with Gasteiger partial charge in [0.25, 0.3) is 11.8 Å². The monoisotopic (exact) mass is 477 g/mol. The molecule has 2 amide bonds. The summed E-state index contributed by atoms with van der Waals surface area (Å²) in [6.45, 7) is 0.568. The van der Waals surface area contributed by atoms with Crippen molar-refractivity contribution < 1.29 is 19.1 Å². The first-order valence-corrected chi connectivity index (χ1v) is 11.9. The molecule has 7 nitrogen and oxygen atoms in total. The first-order valence-electron chi connectivity index (χ1n) is 11.0. The van der Waals surface area contributed by atoms with Gasteiger partial charge in [-0.05, 0) is 29.1 Å². The molecule has 1 atom stereocenters. The van der Waals surface area contributed by atoms with E-state index in [1.807, 2.05) is 66.0 Å². The van der Waals surface area contributed by atoms with Crippen LogP contribution in [0.5, 0.6) is 5.75 Å². The predicted molar refractivity (Wildman–Crippen MR) is 132 cm³/mol. The minimum Gasteiger partial charge on any atom is -0.497 e. The largest absolute Gasteiger partial charge is 0.497 e. The Morgan fingerprint density at radius 2 is 1.91 bits per heavy atom. The van der Waals surface area contributed by atoms with Gasteiger partial charge in [-0.15, -0.1) is 11.3 Å². The Labute approximate surface area is 203 Å². The molecule has 0 N–H and O–H groups in total. The lowest BCUT2D eigenvalue weighted by atomic mass is 9.98. The van der Waals surface area contributed by atoms with E-state index in [2.05, 4.69) is 0 Å². The summed E-state index contributed by atoms with van der Waals surface area (Å²) in [7, 11) is 3.20. The molecule has 1 aliphatic heterocycles. The van der Waals surface area contributed by atoms with Crippen LogP contribution in [0, 0.1) is 0 Å². The van der Waals surface area contributed by atoms with Gasteiger partial charge in [0.15, 0.2) is 0 Å². The van der Waals surface area contributed by atoms with Gasteiger partial charge >= 0.3 is 0 Å². The normalized spacial score (nSPS) is 15.2. The van der Waals surface area contributed by atoms with Gasteiger partial charge in [0.2, 0.25) is 0 Å². The van der Waals surface area contributed by atoms with Crippen molar-refractivity contribution in [2.75, 3.05) is 33.9 Å². The van der Waals surface area contributed by atoms with Crippen molar-refractivity contribution in [1.82, 2.24) is 9.91 Å². The predicted octanol–water partition coefficient (Wildman–Crippen LogP) is 4.22. The zero-order valence-corrected chi connectivity index (χ0v) is 20.0. The van der Waals surface area contributed by atoms with Gasteiger partial charge < -0.3 is 14.4 Å². The smallest absolute Gasteiger partial charge is 0.264 e.